The summed E-state index contributed by atoms with van der Waals surface area (Å²) in [5.41, 5.74) is 1.91. The third-order valence-electron chi connectivity index (χ3n) is 3.01. The lowest BCUT2D eigenvalue weighted by molar-refractivity contribution is -0.384. The van der Waals surface area contributed by atoms with Crippen LogP contribution in [-0.2, 0) is 9.53 Å². The zero-order valence-electron chi connectivity index (χ0n) is 11.5. The second kappa shape index (κ2) is 5.31. The van der Waals surface area contributed by atoms with Crippen molar-refractivity contribution in [3.63, 3.8) is 0 Å². The Kier molecular flexibility index (Phi) is 3.70. The first-order chi connectivity index (χ1) is 9.81. The highest BCUT2D eigenvalue weighted by Crippen LogP contribution is 2.25. The number of nitro benzene ring substituents is 1. The van der Waals surface area contributed by atoms with Crippen LogP contribution < -0.4 is 5.43 Å². The second-order valence-electron chi connectivity index (χ2n) is 5.17. The van der Waals surface area contributed by atoms with Crippen LogP contribution in [0.5, 0.6) is 0 Å². The zero-order chi connectivity index (χ0) is 15.6. The molecule has 0 bridgehead atoms. The Morgan fingerprint density at radius 3 is 2.48 bits per heavy atom. The molecule has 2 rings (SSSR count). The van der Waals surface area contributed by atoms with Crippen molar-refractivity contribution in [2.24, 2.45) is 10.5 Å². The molecular formula is C13H13N3O5. The number of hydrogen-bond acceptors (Lipinski definition) is 6. The Hall–Kier alpha value is -2.77. The molecule has 1 aromatic carbocycles. The number of amides is 1. The van der Waals surface area contributed by atoms with Gasteiger partial charge in [-0.2, -0.15) is 5.10 Å². The van der Waals surface area contributed by atoms with Gasteiger partial charge in [0.25, 0.3) is 11.6 Å². The standard InChI is InChI=1S/C13H13N3O5/c1-13(2)7-21-12(18)10(13)14-15-11(17)8-3-5-9(6-4-8)16(19)20/h3-6H,7H2,1-2H3,(H,15,17)/b14-10-. The molecule has 1 amide bonds. The summed E-state index contributed by atoms with van der Waals surface area (Å²) in [4.78, 5) is 33.3. The molecule has 1 saturated heterocycles. The Balaban J connectivity index is 2.11. The van der Waals surface area contributed by atoms with Crippen molar-refractivity contribution in [3.05, 3.63) is 39.9 Å². The molecule has 21 heavy (non-hydrogen) atoms. The molecule has 1 aromatic rings. The van der Waals surface area contributed by atoms with Gasteiger partial charge in [0.2, 0.25) is 0 Å². The van der Waals surface area contributed by atoms with Gasteiger partial charge in [0.1, 0.15) is 6.61 Å². The maximum absolute atomic E-state index is 11.9. The van der Waals surface area contributed by atoms with Gasteiger partial charge < -0.3 is 4.74 Å². The van der Waals surface area contributed by atoms with Gasteiger partial charge in [0, 0.05) is 17.7 Å². The van der Waals surface area contributed by atoms with Gasteiger partial charge in [-0.15, -0.1) is 0 Å². The second-order valence-corrected chi connectivity index (χ2v) is 5.17. The molecule has 0 spiro atoms. The Labute approximate surface area is 119 Å². The van der Waals surface area contributed by atoms with E-state index in [1.54, 1.807) is 13.8 Å². The molecule has 1 aliphatic rings. The molecule has 0 unspecified atom stereocenters. The summed E-state index contributed by atoms with van der Waals surface area (Å²) in [6.45, 7) is 3.75. The molecule has 1 heterocycles. The van der Waals surface area contributed by atoms with Gasteiger partial charge >= 0.3 is 5.97 Å². The first-order valence-electron chi connectivity index (χ1n) is 6.11. The summed E-state index contributed by atoms with van der Waals surface area (Å²) in [6, 6.07) is 5.06. The predicted molar refractivity (Wildman–Crippen MR) is 72.7 cm³/mol. The van der Waals surface area contributed by atoms with Crippen LogP contribution in [0, 0.1) is 15.5 Å². The number of nitro groups is 1. The fourth-order valence-electron chi connectivity index (χ4n) is 1.76. The lowest BCUT2D eigenvalue weighted by Crippen LogP contribution is -2.29. The summed E-state index contributed by atoms with van der Waals surface area (Å²) in [7, 11) is 0. The van der Waals surface area contributed by atoms with E-state index in [2.05, 4.69) is 10.5 Å². The molecule has 8 nitrogen and oxygen atoms in total. The number of carbonyl (C=O) groups is 2. The Morgan fingerprint density at radius 2 is 2.00 bits per heavy atom. The van der Waals surface area contributed by atoms with Crippen LogP contribution in [0.15, 0.2) is 29.4 Å². The van der Waals surface area contributed by atoms with Crippen molar-refractivity contribution in [1.29, 1.82) is 0 Å². The molecule has 0 radical (unpaired) electrons. The van der Waals surface area contributed by atoms with Crippen molar-refractivity contribution >= 4 is 23.3 Å². The van der Waals surface area contributed by atoms with E-state index in [1.807, 2.05) is 0 Å². The zero-order valence-corrected chi connectivity index (χ0v) is 11.5. The topological polar surface area (TPSA) is 111 Å². The number of cyclic esters (lactones) is 1. The van der Waals surface area contributed by atoms with Crippen LogP contribution in [0.3, 0.4) is 0 Å². The molecule has 1 N–H and O–H groups in total. The summed E-state index contributed by atoms with van der Waals surface area (Å²) in [5, 5.41) is 14.3. The number of carbonyl (C=O) groups excluding carboxylic acids is 2. The fraction of sp³-hybridized carbons (Fsp3) is 0.308. The first-order valence-corrected chi connectivity index (χ1v) is 6.11. The van der Waals surface area contributed by atoms with Gasteiger partial charge in [-0.1, -0.05) is 13.8 Å². The van der Waals surface area contributed by atoms with Crippen LogP contribution in [0.25, 0.3) is 0 Å². The van der Waals surface area contributed by atoms with Crippen molar-refractivity contribution in [3.8, 4) is 0 Å². The van der Waals surface area contributed by atoms with Crippen LogP contribution in [-0.4, -0.2) is 29.1 Å². The van der Waals surface area contributed by atoms with Crippen molar-refractivity contribution in [2.75, 3.05) is 6.61 Å². The highest BCUT2D eigenvalue weighted by molar-refractivity contribution is 6.40. The largest absolute Gasteiger partial charge is 0.460 e. The number of esters is 1. The average molecular weight is 291 g/mol. The third-order valence-corrected chi connectivity index (χ3v) is 3.01. The Bertz CT molecular complexity index is 634. The number of benzene rings is 1. The van der Waals surface area contributed by atoms with E-state index >= 15 is 0 Å². The van der Waals surface area contributed by atoms with E-state index in [0.29, 0.717) is 0 Å². The fourth-order valence-corrected chi connectivity index (χ4v) is 1.76. The normalized spacial score (nSPS) is 18.4. The molecule has 110 valence electrons. The maximum Gasteiger partial charge on any atom is 0.355 e. The minimum atomic E-state index is -0.570. The molecular weight excluding hydrogens is 278 g/mol. The molecule has 0 aliphatic carbocycles. The van der Waals surface area contributed by atoms with E-state index in [4.69, 9.17) is 4.74 Å². The van der Waals surface area contributed by atoms with E-state index in [-0.39, 0.29) is 23.6 Å². The number of rotatable bonds is 3. The van der Waals surface area contributed by atoms with E-state index < -0.39 is 22.2 Å². The number of nitrogens with one attached hydrogen (secondary N) is 1. The smallest absolute Gasteiger partial charge is 0.355 e. The first kappa shape index (κ1) is 14.6. The average Bonchev–Trinajstić information content (AvgIpc) is 2.70. The van der Waals surface area contributed by atoms with Gasteiger partial charge in [0.15, 0.2) is 5.71 Å². The van der Waals surface area contributed by atoms with E-state index in [0.717, 1.165) is 0 Å². The predicted octanol–water partition coefficient (Wildman–Crippen LogP) is 1.26. The summed E-state index contributed by atoms with van der Waals surface area (Å²) >= 11 is 0. The van der Waals surface area contributed by atoms with Gasteiger partial charge in [-0.3, -0.25) is 14.9 Å². The highest BCUT2D eigenvalue weighted by atomic mass is 16.6. The van der Waals surface area contributed by atoms with Crippen LogP contribution in [0.4, 0.5) is 5.69 Å². The number of nitrogens with zero attached hydrogens (tertiary/aromatic N) is 2. The minimum Gasteiger partial charge on any atom is -0.460 e. The van der Waals surface area contributed by atoms with Crippen molar-refractivity contribution < 1.29 is 19.2 Å². The van der Waals surface area contributed by atoms with Crippen LogP contribution >= 0.6 is 0 Å². The monoisotopic (exact) mass is 291 g/mol. The lowest BCUT2D eigenvalue weighted by atomic mass is 9.91. The quantitative estimate of drug-likeness (QED) is 0.512. The molecule has 1 aliphatic heterocycles. The molecule has 0 saturated carbocycles. The van der Waals surface area contributed by atoms with Crippen LogP contribution in [0.1, 0.15) is 24.2 Å². The SMILES string of the molecule is CC1(C)COC(=O)/C1=N/NC(=O)c1ccc([N+](=O)[O-])cc1. The van der Waals surface area contributed by atoms with Crippen LogP contribution in [0.2, 0.25) is 0 Å². The molecule has 0 aromatic heterocycles. The molecule has 1 fully saturated rings. The number of ether oxygens (including phenoxy) is 1. The van der Waals surface area contributed by atoms with Crippen molar-refractivity contribution in [1.82, 2.24) is 5.43 Å². The highest BCUT2D eigenvalue weighted by Gasteiger charge is 2.40. The maximum atomic E-state index is 11.9. The summed E-state index contributed by atoms with van der Waals surface area (Å²) in [6.07, 6.45) is 0. The molecule has 0 atom stereocenters. The van der Waals surface area contributed by atoms with Gasteiger partial charge in [-0.25, -0.2) is 10.2 Å². The summed E-state index contributed by atoms with van der Waals surface area (Å²) < 4.78 is 4.86. The van der Waals surface area contributed by atoms with Crippen molar-refractivity contribution in [2.45, 2.75) is 13.8 Å². The van der Waals surface area contributed by atoms with Gasteiger partial charge in [0.05, 0.1) is 10.3 Å². The van der Waals surface area contributed by atoms with E-state index in [9.17, 15) is 19.7 Å². The summed E-state index contributed by atoms with van der Waals surface area (Å²) in [5.74, 6) is -1.13. The molecule has 8 heteroatoms. The minimum absolute atomic E-state index is 0.113. The Morgan fingerprint density at radius 1 is 1.38 bits per heavy atom. The number of non-ortho nitro benzene ring substituents is 1. The lowest BCUT2D eigenvalue weighted by Gasteiger charge is -2.12. The number of hydrogen-bond donors (Lipinski definition) is 1. The van der Waals surface area contributed by atoms with E-state index in [1.165, 1.54) is 24.3 Å². The van der Waals surface area contributed by atoms with Gasteiger partial charge in [-0.05, 0) is 12.1 Å². The third kappa shape index (κ3) is 3.04. The number of hydrazone groups is 1.